The second-order valence-corrected chi connectivity index (χ2v) is 4.14. The van der Waals surface area contributed by atoms with E-state index in [2.05, 4.69) is 9.72 Å². The number of ether oxygens (including phenoxy) is 1. The van der Waals surface area contributed by atoms with Crippen LogP contribution in [0, 0.1) is 5.95 Å². The first-order valence-corrected chi connectivity index (χ1v) is 5.65. The van der Waals surface area contributed by atoms with Crippen molar-refractivity contribution in [1.82, 2.24) is 4.98 Å². The molecular formula is C13H6F7NO. The Hall–Kier alpha value is -2.32. The van der Waals surface area contributed by atoms with Gasteiger partial charge in [-0.15, -0.1) is 13.2 Å². The number of hydrogen-bond acceptors (Lipinski definition) is 2. The van der Waals surface area contributed by atoms with E-state index in [1.165, 1.54) is 6.07 Å². The minimum absolute atomic E-state index is 0.0754. The van der Waals surface area contributed by atoms with Crippen LogP contribution in [0.25, 0.3) is 11.1 Å². The molecule has 0 amide bonds. The molecule has 0 saturated heterocycles. The lowest BCUT2D eigenvalue weighted by molar-refractivity contribution is -0.274. The molecule has 2 rings (SSSR count). The monoisotopic (exact) mass is 325 g/mol. The Morgan fingerprint density at radius 1 is 0.864 bits per heavy atom. The molecule has 0 unspecified atom stereocenters. The number of halogens is 7. The van der Waals surface area contributed by atoms with Crippen LogP contribution in [-0.2, 0) is 6.18 Å². The van der Waals surface area contributed by atoms with E-state index < -0.39 is 29.9 Å². The lowest BCUT2D eigenvalue weighted by atomic mass is 10.1. The number of benzene rings is 1. The van der Waals surface area contributed by atoms with Crippen LogP contribution in [0.2, 0.25) is 0 Å². The summed E-state index contributed by atoms with van der Waals surface area (Å²) in [5, 5.41) is 0. The molecule has 1 aromatic carbocycles. The summed E-state index contributed by atoms with van der Waals surface area (Å²) in [6, 6.07) is 5.40. The molecule has 0 fully saturated rings. The molecule has 0 spiro atoms. The summed E-state index contributed by atoms with van der Waals surface area (Å²) >= 11 is 0. The highest BCUT2D eigenvalue weighted by Gasteiger charge is 2.34. The smallest absolute Gasteiger partial charge is 0.406 e. The minimum atomic E-state index is -4.95. The van der Waals surface area contributed by atoms with Crippen LogP contribution in [0.4, 0.5) is 30.7 Å². The Morgan fingerprint density at radius 2 is 1.55 bits per heavy atom. The number of hydrogen-bond donors (Lipinski definition) is 0. The Bertz CT molecular complexity index is 679. The molecule has 0 aliphatic heterocycles. The third-order valence-corrected chi connectivity index (χ3v) is 2.49. The lowest BCUT2D eigenvalue weighted by Gasteiger charge is -2.11. The fourth-order valence-electron chi connectivity index (χ4n) is 1.68. The Balaban J connectivity index is 2.44. The van der Waals surface area contributed by atoms with Gasteiger partial charge in [0.2, 0.25) is 5.95 Å². The summed E-state index contributed by atoms with van der Waals surface area (Å²) in [6.07, 6.45) is -9.82. The van der Waals surface area contributed by atoms with Crippen molar-refractivity contribution >= 4 is 0 Å². The van der Waals surface area contributed by atoms with Gasteiger partial charge in [0, 0.05) is 6.07 Å². The van der Waals surface area contributed by atoms with Crippen molar-refractivity contribution in [2.24, 2.45) is 0 Å². The SMILES string of the molecule is Fc1cc(-c2cccc(OC(F)(F)F)c2)cc(C(F)(F)F)n1. The Morgan fingerprint density at radius 3 is 2.14 bits per heavy atom. The molecule has 0 aliphatic rings. The summed E-state index contributed by atoms with van der Waals surface area (Å²) in [6.45, 7) is 0. The van der Waals surface area contributed by atoms with Gasteiger partial charge in [-0.2, -0.15) is 17.6 Å². The molecule has 2 aromatic rings. The van der Waals surface area contributed by atoms with Crippen molar-refractivity contribution in [2.45, 2.75) is 12.5 Å². The summed E-state index contributed by atoms with van der Waals surface area (Å²) in [5.74, 6) is -2.03. The second kappa shape index (κ2) is 5.47. The number of aromatic nitrogens is 1. The van der Waals surface area contributed by atoms with Crippen molar-refractivity contribution in [1.29, 1.82) is 0 Å². The second-order valence-electron chi connectivity index (χ2n) is 4.14. The third-order valence-electron chi connectivity index (χ3n) is 2.49. The van der Waals surface area contributed by atoms with Gasteiger partial charge in [-0.3, -0.25) is 0 Å². The Labute approximate surface area is 119 Å². The van der Waals surface area contributed by atoms with Gasteiger partial charge in [0.25, 0.3) is 0 Å². The van der Waals surface area contributed by atoms with Crippen LogP contribution < -0.4 is 4.74 Å². The summed E-state index contributed by atoms with van der Waals surface area (Å²) in [5.41, 5.74) is -1.83. The molecule has 22 heavy (non-hydrogen) atoms. The van der Waals surface area contributed by atoms with Gasteiger partial charge in [0.05, 0.1) is 0 Å². The van der Waals surface area contributed by atoms with Gasteiger partial charge in [0.1, 0.15) is 11.4 Å². The number of alkyl halides is 6. The number of pyridine rings is 1. The highest BCUT2D eigenvalue weighted by Crippen LogP contribution is 2.33. The number of rotatable bonds is 2. The van der Waals surface area contributed by atoms with Crippen molar-refractivity contribution in [3.8, 4) is 16.9 Å². The summed E-state index contributed by atoms with van der Waals surface area (Å²) < 4.78 is 90.9. The van der Waals surface area contributed by atoms with E-state index in [9.17, 15) is 30.7 Å². The first-order chi connectivity index (χ1) is 10.0. The van der Waals surface area contributed by atoms with E-state index >= 15 is 0 Å². The van der Waals surface area contributed by atoms with Crippen LogP contribution >= 0.6 is 0 Å². The maximum absolute atomic E-state index is 13.2. The van der Waals surface area contributed by atoms with Crippen LogP contribution in [0.15, 0.2) is 36.4 Å². The summed E-state index contributed by atoms with van der Waals surface area (Å²) in [4.78, 5) is 2.71. The van der Waals surface area contributed by atoms with E-state index in [1.54, 1.807) is 0 Å². The maximum Gasteiger partial charge on any atom is 0.573 e. The topological polar surface area (TPSA) is 22.1 Å². The fourth-order valence-corrected chi connectivity index (χ4v) is 1.68. The standard InChI is InChI=1S/C13H6F7NO/c14-11-6-8(5-10(21-11)12(15,16)17)7-2-1-3-9(4-7)22-13(18,19)20/h1-6H. The van der Waals surface area contributed by atoms with Gasteiger partial charge in [0.15, 0.2) is 0 Å². The molecule has 0 atom stereocenters. The molecular weight excluding hydrogens is 319 g/mol. The largest absolute Gasteiger partial charge is 0.573 e. The highest BCUT2D eigenvalue weighted by molar-refractivity contribution is 5.65. The van der Waals surface area contributed by atoms with E-state index in [0.717, 1.165) is 18.2 Å². The molecule has 0 N–H and O–H groups in total. The predicted molar refractivity (Wildman–Crippen MR) is 61.3 cm³/mol. The molecule has 1 heterocycles. The molecule has 0 bridgehead atoms. The van der Waals surface area contributed by atoms with Gasteiger partial charge >= 0.3 is 12.5 Å². The predicted octanol–water partition coefficient (Wildman–Crippen LogP) is 4.81. The van der Waals surface area contributed by atoms with E-state index in [1.807, 2.05) is 0 Å². The highest BCUT2D eigenvalue weighted by atomic mass is 19.4. The molecule has 1 aromatic heterocycles. The van der Waals surface area contributed by atoms with Crippen molar-refractivity contribution in [3.63, 3.8) is 0 Å². The quantitative estimate of drug-likeness (QED) is 0.584. The molecule has 0 radical (unpaired) electrons. The van der Waals surface area contributed by atoms with E-state index in [4.69, 9.17) is 0 Å². The zero-order valence-electron chi connectivity index (χ0n) is 10.5. The maximum atomic E-state index is 13.2. The molecule has 0 aliphatic carbocycles. The summed E-state index contributed by atoms with van der Waals surface area (Å²) in [7, 11) is 0. The first-order valence-electron chi connectivity index (χ1n) is 5.65. The van der Waals surface area contributed by atoms with Gasteiger partial charge in [-0.1, -0.05) is 12.1 Å². The zero-order valence-corrected chi connectivity index (χ0v) is 10.5. The Kier molecular flexibility index (Phi) is 3.99. The van der Waals surface area contributed by atoms with Crippen molar-refractivity contribution in [2.75, 3.05) is 0 Å². The van der Waals surface area contributed by atoms with Crippen molar-refractivity contribution in [3.05, 3.63) is 48.0 Å². The average molecular weight is 325 g/mol. The lowest BCUT2D eigenvalue weighted by Crippen LogP contribution is -2.17. The normalized spacial score (nSPS) is 12.3. The molecule has 0 saturated carbocycles. The molecule has 2 nitrogen and oxygen atoms in total. The number of nitrogens with zero attached hydrogens (tertiary/aromatic N) is 1. The molecule has 9 heteroatoms. The van der Waals surface area contributed by atoms with Crippen LogP contribution in [0.3, 0.4) is 0 Å². The van der Waals surface area contributed by atoms with Crippen molar-refractivity contribution < 1.29 is 35.5 Å². The van der Waals surface area contributed by atoms with E-state index in [-0.39, 0.29) is 11.1 Å². The minimum Gasteiger partial charge on any atom is -0.406 e. The zero-order chi connectivity index (χ0) is 16.5. The fraction of sp³-hybridized carbons (Fsp3) is 0.154. The van der Waals surface area contributed by atoms with Gasteiger partial charge in [-0.05, 0) is 29.3 Å². The van der Waals surface area contributed by atoms with Crippen LogP contribution in [0.5, 0.6) is 5.75 Å². The van der Waals surface area contributed by atoms with Gasteiger partial charge in [-0.25, -0.2) is 4.98 Å². The first kappa shape index (κ1) is 16.1. The van der Waals surface area contributed by atoms with Gasteiger partial charge < -0.3 is 4.74 Å². The third kappa shape index (κ3) is 4.09. The van der Waals surface area contributed by atoms with E-state index in [0.29, 0.717) is 12.1 Å². The molecule has 118 valence electrons. The van der Waals surface area contributed by atoms with Crippen LogP contribution in [0.1, 0.15) is 5.69 Å². The average Bonchev–Trinajstić information content (AvgIpc) is 2.35. The van der Waals surface area contributed by atoms with Crippen LogP contribution in [-0.4, -0.2) is 11.3 Å².